The van der Waals surface area contributed by atoms with Crippen LogP contribution in [-0.2, 0) is 13.0 Å². The van der Waals surface area contributed by atoms with Crippen molar-refractivity contribution in [2.24, 2.45) is 5.73 Å². The Bertz CT molecular complexity index is 277. The molecule has 66 valence electrons. The summed E-state index contributed by atoms with van der Waals surface area (Å²) in [5, 5.41) is 0. The van der Waals surface area contributed by atoms with Crippen molar-refractivity contribution < 1.29 is 0 Å². The molecule has 0 amide bonds. The monoisotopic (exact) mass is 165 g/mol. The Labute approximate surface area is 72.8 Å². The van der Waals surface area contributed by atoms with E-state index in [1.807, 2.05) is 0 Å². The van der Waals surface area contributed by atoms with E-state index >= 15 is 0 Å². The maximum Gasteiger partial charge on any atom is 0.108 e. The third-order valence-electron chi connectivity index (χ3n) is 2.50. The summed E-state index contributed by atoms with van der Waals surface area (Å²) in [6, 6.07) is 4.36. The minimum Gasteiger partial charge on any atom is -0.359 e. The number of hydrogen-bond acceptors (Lipinski definition) is 2. The van der Waals surface area contributed by atoms with Crippen LogP contribution in [-0.4, -0.2) is 24.7 Å². The molecule has 0 aromatic carbocycles. The van der Waals surface area contributed by atoms with Crippen LogP contribution in [0.2, 0.25) is 0 Å². The summed E-state index contributed by atoms with van der Waals surface area (Å²) in [6.07, 6.45) is 0.994. The number of anilines is 1. The molecule has 3 heteroatoms. The van der Waals surface area contributed by atoms with Crippen molar-refractivity contribution in [2.75, 3.05) is 25.0 Å². The lowest BCUT2D eigenvalue weighted by atomic mass is 10.3. The van der Waals surface area contributed by atoms with E-state index in [1.54, 1.807) is 0 Å². The van der Waals surface area contributed by atoms with Gasteiger partial charge in [0.25, 0.3) is 0 Å². The molecule has 2 N–H and O–H groups in total. The number of fused-ring (bicyclic) bond motifs is 1. The Kier molecular flexibility index (Phi) is 1.81. The third-order valence-corrected chi connectivity index (χ3v) is 2.50. The lowest BCUT2D eigenvalue weighted by Gasteiger charge is -2.07. The van der Waals surface area contributed by atoms with Gasteiger partial charge in [0, 0.05) is 25.8 Å². The van der Waals surface area contributed by atoms with Crippen LogP contribution in [0.5, 0.6) is 0 Å². The SMILES string of the molecule is CN1CCn2c(CCN)ccc21. The Morgan fingerprint density at radius 1 is 1.42 bits per heavy atom. The van der Waals surface area contributed by atoms with Gasteiger partial charge in [-0.05, 0) is 25.1 Å². The highest BCUT2D eigenvalue weighted by atomic mass is 15.3. The van der Waals surface area contributed by atoms with Gasteiger partial charge in [-0.3, -0.25) is 0 Å². The van der Waals surface area contributed by atoms with Gasteiger partial charge in [0.1, 0.15) is 5.82 Å². The van der Waals surface area contributed by atoms with Gasteiger partial charge in [-0.15, -0.1) is 0 Å². The van der Waals surface area contributed by atoms with Gasteiger partial charge in [-0.25, -0.2) is 0 Å². The molecule has 12 heavy (non-hydrogen) atoms. The number of aromatic nitrogens is 1. The van der Waals surface area contributed by atoms with Gasteiger partial charge in [-0.1, -0.05) is 0 Å². The van der Waals surface area contributed by atoms with E-state index in [2.05, 4.69) is 28.6 Å². The quantitative estimate of drug-likeness (QED) is 0.690. The summed E-state index contributed by atoms with van der Waals surface area (Å²) in [6.45, 7) is 3.00. The Balaban J connectivity index is 2.30. The maximum absolute atomic E-state index is 5.52. The van der Waals surface area contributed by atoms with Crippen LogP contribution >= 0.6 is 0 Å². The van der Waals surface area contributed by atoms with Crippen molar-refractivity contribution in [3.63, 3.8) is 0 Å². The molecule has 1 aliphatic rings. The zero-order valence-electron chi connectivity index (χ0n) is 7.45. The molecular formula is C9H15N3. The summed E-state index contributed by atoms with van der Waals surface area (Å²) in [4.78, 5) is 2.28. The fraction of sp³-hybridized carbons (Fsp3) is 0.556. The number of likely N-dealkylation sites (N-methyl/N-ethyl adjacent to an activating group) is 1. The maximum atomic E-state index is 5.52. The summed E-state index contributed by atoms with van der Waals surface area (Å²) in [5.74, 6) is 1.33. The van der Waals surface area contributed by atoms with Gasteiger partial charge in [-0.2, -0.15) is 0 Å². The first-order valence-electron chi connectivity index (χ1n) is 4.42. The summed E-state index contributed by atoms with van der Waals surface area (Å²) in [7, 11) is 2.13. The third kappa shape index (κ3) is 1.01. The topological polar surface area (TPSA) is 34.2 Å². The molecule has 3 nitrogen and oxygen atoms in total. The van der Waals surface area contributed by atoms with Crippen LogP contribution in [0.3, 0.4) is 0 Å². The summed E-state index contributed by atoms with van der Waals surface area (Å²) >= 11 is 0. The highest BCUT2D eigenvalue weighted by Gasteiger charge is 2.16. The first-order chi connectivity index (χ1) is 5.83. The molecule has 0 saturated heterocycles. The van der Waals surface area contributed by atoms with Crippen molar-refractivity contribution in [1.29, 1.82) is 0 Å². The van der Waals surface area contributed by atoms with Crippen molar-refractivity contribution in [1.82, 2.24) is 4.57 Å². The van der Waals surface area contributed by atoms with Gasteiger partial charge in [0.2, 0.25) is 0 Å². The molecule has 0 unspecified atom stereocenters. The molecule has 1 aromatic heterocycles. The molecule has 0 spiro atoms. The van der Waals surface area contributed by atoms with E-state index in [1.165, 1.54) is 11.5 Å². The van der Waals surface area contributed by atoms with Gasteiger partial charge in [0.15, 0.2) is 0 Å². The Morgan fingerprint density at radius 3 is 3.00 bits per heavy atom. The lowest BCUT2D eigenvalue weighted by Crippen LogP contribution is -2.12. The second-order valence-corrected chi connectivity index (χ2v) is 3.29. The van der Waals surface area contributed by atoms with E-state index < -0.39 is 0 Å². The van der Waals surface area contributed by atoms with Crippen LogP contribution in [0.4, 0.5) is 5.82 Å². The average molecular weight is 165 g/mol. The smallest absolute Gasteiger partial charge is 0.108 e. The van der Waals surface area contributed by atoms with E-state index in [4.69, 9.17) is 5.73 Å². The molecule has 0 bridgehead atoms. The highest BCUT2D eigenvalue weighted by molar-refractivity contribution is 5.45. The minimum atomic E-state index is 0.743. The standard InChI is InChI=1S/C9H15N3/c1-11-6-7-12-8(4-5-10)2-3-9(11)12/h2-3H,4-7,10H2,1H3. The molecule has 1 aliphatic heterocycles. The minimum absolute atomic E-state index is 0.743. The molecule has 2 heterocycles. The zero-order valence-corrected chi connectivity index (χ0v) is 7.45. The number of nitrogens with two attached hydrogens (primary N) is 1. The molecule has 2 rings (SSSR count). The summed E-state index contributed by atoms with van der Waals surface area (Å²) < 4.78 is 2.35. The number of hydrogen-bond donors (Lipinski definition) is 1. The molecule has 0 atom stereocenters. The molecule has 1 aromatic rings. The van der Waals surface area contributed by atoms with Crippen LogP contribution in [0, 0.1) is 0 Å². The van der Waals surface area contributed by atoms with E-state index in [0.717, 1.165) is 26.1 Å². The summed E-state index contributed by atoms with van der Waals surface area (Å²) in [5.41, 5.74) is 6.89. The normalized spacial score (nSPS) is 15.3. The molecule has 0 saturated carbocycles. The van der Waals surface area contributed by atoms with Gasteiger partial charge in [0.05, 0.1) is 0 Å². The predicted octanol–water partition coefficient (Wildman–Crippen LogP) is 0.439. The van der Waals surface area contributed by atoms with Gasteiger partial charge < -0.3 is 15.2 Å². The number of rotatable bonds is 2. The number of nitrogens with zero attached hydrogens (tertiary/aromatic N) is 2. The van der Waals surface area contributed by atoms with Crippen LogP contribution < -0.4 is 10.6 Å². The fourth-order valence-electron chi connectivity index (χ4n) is 1.82. The molecule has 0 fully saturated rings. The second-order valence-electron chi connectivity index (χ2n) is 3.29. The Morgan fingerprint density at radius 2 is 2.25 bits per heavy atom. The van der Waals surface area contributed by atoms with Gasteiger partial charge >= 0.3 is 0 Å². The van der Waals surface area contributed by atoms with Crippen LogP contribution in [0.15, 0.2) is 12.1 Å². The van der Waals surface area contributed by atoms with Crippen molar-refractivity contribution in [3.05, 3.63) is 17.8 Å². The first kappa shape index (κ1) is 7.68. The molecule has 0 aliphatic carbocycles. The Hall–Kier alpha value is -0.960. The van der Waals surface area contributed by atoms with E-state index in [0.29, 0.717) is 0 Å². The van der Waals surface area contributed by atoms with Crippen LogP contribution in [0.25, 0.3) is 0 Å². The zero-order chi connectivity index (χ0) is 8.55. The van der Waals surface area contributed by atoms with Crippen molar-refractivity contribution >= 4 is 5.82 Å². The predicted molar refractivity (Wildman–Crippen MR) is 50.5 cm³/mol. The molecular weight excluding hydrogens is 150 g/mol. The fourth-order valence-corrected chi connectivity index (χ4v) is 1.82. The first-order valence-corrected chi connectivity index (χ1v) is 4.42. The highest BCUT2D eigenvalue weighted by Crippen LogP contribution is 2.23. The van der Waals surface area contributed by atoms with E-state index in [9.17, 15) is 0 Å². The lowest BCUT2D eigenvalue weighted by molar-refractivity contribution is 0.736. The van der Waals surface area contributed by atoms with Crippen molar-refractivity contribution in [3.8, 4) is 0 Å². The largest absolute Gasteiger partial charge is 0.359 e. The van der Waals surface area contributed by atoms with Crippen LogP contribution in [0.1, 0.15) is 5.69 Å². The second kappa shape index (κ2) is 2.83. The average Bonchev–Trinajstić information content (AvgIpc) is 2.58. The van der Waals surface area contributed by atoms with Crippen molar-refractivity contribution in [2.45, 2.75) is 13.0 Å². The molecule has 0 radical (unpaired) electrons. The van der Waals surface area contributed by atoms with E-state index in [-0.39, 0.29) is 0 Å².